The lowest BCUT2D eigenvalue weighted by atomic mass is 10.1. The number of rotatable bonds is 2. The second kappa shape index (κ2) is 4.79. The first-order chi connectivity index (χ1) is 7.29. The SMILES string of the molecule is O=C1OC(CI)C/C1=C/c1ccccc1. The third-order valence-corrected chi connectivity index (χ3v) is 3.28. The number of carbonyl (C=O) groups is 1. The van der Waals surface area contributed by atoms with Crippen LogP contribution in [0, 0.1) is 0 Å². The molecule has 0 saturated carbocycles. The van der Waals surface area contributed by atoms with E-state index in [9.17, 15) is 4.79 Å². The molecule has 0 radical (unpaired) electrons. The van der Waals surface area contributed by atoms with E-state index in [1.807, 2.05) is 36.4 Å². The molecule has 1 aliphatic heterocycles. The second-order valence-corrected chi connectivity index (χ2v) is 4.35. The Labute approximate surface area is 102 Å². The van der Waals surface area contributed by atoms with Crippen molar-refractivity contribution in [1.82, 2.24) is 0 Å². The van der Waals surface area contributed by atoms with Gasteiger partial charge in [0.2, 0.25) is 0 Å². The van der Waals surface area contributed by atoms with Crippen LogP contribution in [-0.2, 0) is 9.53 Å². The van der Waals surface area contributed by atoms with Crippen LogP contribution in [0.25, 0.3) is 6.08 Å². The van der Waals surface area contributed by atoms with Crippen LogP contribution in [0.2, 0.25) is 0 Å². The summed E-state index contributed by atoms with van der Waals surface area (Å²) in [6.07, 6.45) is 2.71. The van der Waals surface area contributed by atoms with Gasteiger partial charge in [-0.3, -0.25) is 0 Å². The normalized spacial score (nSPS) is 23.1. The van der Waals surface area contributed by atoms with E-state index in [1.54, 1.807) is 0 Å². The Morgan fingerprint density at radius 3 is 2.73 bits per heavy atom. The molecule has 0 bridgehead atoms. The third kappa shape index (κ3) is 2.59. The number of hydrogen-bond donors (Lipinski definition) is 0. The van der Waals surface area contributed by atoms with Gasteiger partial charge in [-0.05, 0) is 11.6 Å². The molecule has 1 aliphatic rings. The van der Waals surface area contributed by atoms with Crippen molar-refractivity contribution in [2.75, 3.05) is 4.43 Å². The fourth-order valence-electron chi connectivity index (χ4n) is 1.55. The summed E-state index contributed by atoms with van der Waals surface area (Å²) in [7, 11) is 0. The highest BCUT2D eigenvalue weighted by atomic mass is 127. The molecule has 15 heavy (non-hydrogen) atoms. The lowest BCUT2D eigenvalue weighted by Gasteiger charge is -2.00. The summed E-state index contributed by atoms with van der Waals surface area (Å²) in [4.78, 5) is 11.5. The van der Waals surface area contributed by atoms with Gasteiger partial charge in [0, 0.05) is 16.4 Å². The first kappa shape index (κ1) is 10.7. The van der Waals surface area contributed by atoms with Crippen LogP contribution in [0.4, 0.5) is 0 Å². The number of esters is 1. The van der Waals surface area contributed by atoms with Crippen LogP contribution in [0.5, 0.6) is 0 Å². The van der Waals surface area contributed by atoms with Crippen LogP contribution in [0.3, 0.4) is 0 Å². The second-order valence-electron chi connectivity index (χ2n) is 3.47. The molecule has 1 atom stereocenters. The number of halogens is 1. The average molecular weight is 314 g/mol. The maximum atomic E-state index is 11.5. The minimum absolute atomic E-state index is 0.0630. The average Bonchev–Trinajstić information content (AvgIpc) is 2.61. The highest BCUT2D eigenvalue weighted by Crippen LogP contribution is 2.23. The largest absolute Gasteiger partial charge is 0.458 e. The Morgan fingerprint density at radius 1 is 1.40 bits per heavy atom. The van der Waals surface area contributed by atoms with Crippen molar-refractivity contribution in [3.05, 3.63) is 41.5 Å². The molecule has 0 aromatic heterocycles. The molecule has 2 rings (SSSR count). The molecule has 0 amide bonds. The maximum Gasteiger partial charge on any atom is 0.334 e. The van der Waals surface area contributed by atoms with Crippen LogP contribution in [0.15, 0.2) is 35.9 Å². The Kier molecular flexibility index (Phi) is 3.41. The first-order valence-electron chi connectivity index (χ1n) is 4.82. The summed E-state index contributed by atoms with van der Waals surface area (Å²) < 4.78 is 6.04. The smallest absolute Gasteiger partial charge is 0.334 e. The van der Waals surface area contributed by atoms with Gasteiger partial charge >= 0.3 is 5.97 Å². The minimum atomic E-state index is -0.166. The number of hydrogen-bond acceptors (Lipinski definition) is 2. The number of carbonyl (C=O) groups excluding carboxylic acids is 1. The summed E-state index contributed by atoms with van der Waals surface area (Å²) in [5, 5.41) is 0. The van der Waals surface area contributed by atoms with Gasteiger partial charge in [-0.25, -0.2) is 4.79 Å². The van der Waals surface area contributed by atoms with Crippen molar-refractivity contribution in [3.63, 3.8) is 0 Å². The van der Waals surface area contributed by atoms with Gasteiger partial charge in [0.1, 0.15) is 6.10 Å². The quantitative estimate of drug-likeness (QED) is 0.363. The monoisotopic (exact) mass is 314 g/mol. The van der Waals surface area contributed by atoms with Crippen LogP contribution >= 0.6 is 22.6 Å². The Hall–Kier alpha value is -0.840. The van der Waals surface area contributed by atoms with E-state index >= 15 is 0 Å². The molecular formula is C12H11IO2. The van der Waals surface area contributed by atoms with Crippen LogP contribution in [-0.4, -0.2) is 16.5 Å². The molecule has 78 valence electrons. The molecule has 1 heterocycles. The standard InChI is InChI=1S/C12H11IO2/c13-8-11-7-10(12(14)15-11)6-9-4-2-1-3-5-9/h1-6,11H,7-8H2/b10-6-. The van der Waals surface area contributed by atoms with E-state index in [4.69, 9.17) is 4.74 Å². The number of benzene rings is 1. The van der Waals surface area contributed by atoms with Gasteiger partial charge in [0.05, 0.1) is 0 Å². The van der Waals surface area contributed by atoms with E-state index < -0.39 is 0 Å². The highest BCUT2D eigenvalue weighted by molar-refractivity contribution is 14.1. The minimum Gasteiger partial charge on any atom is -0.458 e. The molecule has 1 fully saturated rings. The van der Waals surface area contributed by atoms with Crippen molar-refractivity contribution >= 4 is 34.6 Å². The van der Waals surface area contributed by atoms with Crippen LogP contribution in [0.1, 0.15) is 12.0 Å². The van der Waals surface area contributed by atoms with E-state index in [0.717, 1.165) is 22.0 Å². The first-order valence-corrected chi connectivity index (χ1v) is 6.34. The van der Waals surface area contributed by atoms with E-state index in [0.29, 0.717) is 0 Å². The molecule has 0 aliphatic carbocycles. The summed E-state index contributed by atoms with van der Waals surface area (Å²) >= 11 is 2.24. The molecule has 0 N–H and O–H groups in total. The van der Waals surface area contributed by atoms with Crippen molar-refractivity contribution in [1.29, 1.82) is 0 Å². The van der Waals surface area contributed by atoms with E-state index in [-0.39, 0.29) is 12.1 Å². The van der Waals surface area contributed by atoms with Crippen molar-refractivity contribution in [3.8, 4) is 0 Å². The zero-order valence-electron chi connectivity index (χ0n) is 8.15. The lowest BCUT2D eigenvalue weighted by molar-refractivity contribution is -0.137. The molecule has 1 unspecified atom stereocenters. The summed E-state index contributed by atoms with van der Waals surface area (Å²) in [6, 6.07) is 9.85. The molecule has 1 saturated heterocycles. The fourth-order valence-corrected chi connectivity index (χ4v) is 2.04. The van der Waals surface area contributed by atoms with Gasteiger partial charge in [-0.1, -0.05) is 52.9 Å². The summed E-state index contributed by atoms with van der Waals surface area (Å²) in [5.74, 6) is -0.166. The molecule has 0 spiro atoms. The maximum absolute atomic E-state index is 11.5. The van der Waals surface area contributed by atoms with Crippen molar-refractivity contribution in [2.45, 2.75) is 12.5 Å². The number of ether oxygens (including phenoxy) is 1. The molecule has 2 nitrogen and oxygen atoms in total. The van der Waals surface area contributed by atoms with Gasteiger partial charge in [0.15, 0.2) is 0 Å². The third-order valence-electron chi connectivity index (χ3n) is 2.30. The lowest BCUT2D eigenvalue weighted by Crippen LogP contribution is -2.06. The van der Waals surface area contributed by atoms with Crippen LogP contribution < -0.4 is 0 Å². The topological polar surface area (TPSA) is 26.3 Å². The van der Waals surface area contributed by atoms with Crippen molar-refractivity contribution < 1.29 is 9.53 Å². The summed E-state index contributed by atoms with van der Waals surface area (Å²) in [5.41, 5.74) is 1.83. The molecule has 1 aromatic rings. The van der Waals surface area contributed by atoms with E-state index in [1.165, 1.54) is 0 Å². The van der Waals surface area contributed by atoms with Gasteiger partial charge in [-0.15, -0.1) is 0 Å². The zero-order chi connectivity index (χ0) is 10.7. The van der Waals surface area contributed by atoms with Gasteiger partial charge in [0.25, 0.3) is 0 Å². The zero-order valence-corrected chi connectivity index (χ0v) is 10.3. The Morgan fingerprint density at radius 2 is 2.13 bits per heavy atom. The van der Waals surface area contributed by atoms with Gasteiger partial charge < -0.3 is 4.74 Å². The fraction of sp³-hybridized carbons (Fsp3) is 0.250. The molecule has 3 heteroatoms. The number of cyclic esters (lactones) is 1. The molecular weight excluding hydrogens is 303 g/mol. The summed E-state index contributed by atoms with van der Waals surface area (Å²) in [6.45, 7) is 0. The number of alkyl halides is 1. The Balaban J connectivity index is 2.18. The highest BCUT2D eigenvalue weighted by Gasteiger charge is 2.27. The van der Waals surface area contributed by atoms with Gasteiger partial charge in [-0.2, -0.15) is 0 Å². The Bertz CT molecular complexity index is 384. The van der Waals surface area contributed by atoms with Crippen molar-refractivity contribution in [2.24, 2.45) is 0 Å². The molecule has 1 aromatic carbocycles. The van der Waals surface area contributed by atoms with E-state index in [2.05, 4.69) is 22.6 Å². The predicted molar refractivity (Wildman–Crippen MR) is 67.8 cm³/mol. The predicted octanol–water partition coefficient (Wildman–Crippen LogP) is 2.82.